The highest BCUT2D eigenvalue weighted by Gasteiger charge is 2.75. The second-order valence-electron chi connectivity index (χ2n) is 7.64. The Morgan fingerprint density at radius 1 is 1.32 bits per heavy atom. The van der Waals surface area contributed by atoms with Gasteiger partial charge in [-0.25, -0.2) is 4.79 Å². The van der Waals surface area contributed by atoms with E-state index in [0.717, 1.165) is 6.42 Å². The van der Waals surface area contributed by atoms with Gasteiger partial charge in [0, 0.05) is 12.0 Å². The fourth-order valence-corrected chi connectivity index (χ4v) is 5.46. The number of rotatable bonds is 6. The Hall–Kier alpha value is -1.85. The fourth-order valence-electron chi connectivity index (χ4n) is 5.46. The predicted molar refractivity (Wildman–Crippen MR) is 88.1 cm³/mol. The molecule has 2 bridgehead atoms. The Morgan fingerprint density at radius 3 is 2.64 bits per heavy atom. The van der Waals surface area contributed by atoms with E-state index < -0.39 is 17.3 Å². The van der Waals surface area contributed by atoms with E-state index in [1.807, 2.05) is 13.8 Å². The summed E-state index contributed by atoms with van der Waals surface area (Å²) < 4.78 is 16.0. The average molecular weight is 350 g/mol. The van der Waals surface area contributed by atoms with Crippen molar-refractivity contribution in [1.29, 1.82) is 0 Å². The molecule has 3 aliphatic rings. The minimum absolute atomic E-state index is 0.00444. The van der Waals surface area contributed by atoms with Crippen LogP contribution in [0.2, 0.25) is 0 Å². The number of carbonyl (C=O) groups excluding carboxylic acids is 3. The Morgan fingerprint density at radius 2 is 2.00 bits per heavy atom. The zero-order valence-electron chi connectivity index (χ0n) is 15.2. The summed E-state index contributed by atoms with van der Waals surface area (Å²) in [6.07, 6.45) is 3.68. The van der Waals surface area contributed by atoms with Gasteiger partial charge < -0.3 is 14.2 Å². The van der Waals surface area contributed by atoms with Crippen LogP contribution in [0.5, 0.6) is 0 Å². The summed E-state index contributed by atoms with van der Waals surface area (Å²) >= 11 is 0. The summed E-state index contributed by atoms with van der Waals surface area (Å²) in [5, 5.41) is 0. The van der Waals surface area contributed by atoms with Crippen molar-refractivity contribution in [3.63, 3.8) is 0 Å². The molecule has 1 aliphatic heterocycles. The van der Waals surface area contributed by atoms with Gasteiger partial charge in [-0.1, -0.05) is 26.8 Å². The maximum atomic E-state index is 13.1. The van der Waals surface area contributed by atoms with Crippen molar-refractivity contribution < 1.29 is 28.6 Å². The summed E-state index contributed by atoms with van der Waals surface area (Å²) in [4.78, 5) is 36.8. The molecule has 1 saturated heterocycles. The number of allylic oxidation sites excluding steroid dienone is 1. The Labute approximate surface area is 147 Å². The van der Waals surface area contributed by atoms with Crippen LogP contribution in [0.3, 0.4) is 0 Å². The highest BCUT2D eigenvalue weighted by molar-refractivity contribution is 5.89. The minimum Gasteiger partial charge on any atom is -0.462 e. The quantitative estimate of drug-likeness (QED) is 0.316. The van der Waals surface area contributed by atoms with E-state index in [-0.39, 0.29) is 54.9 Å². The van der Waals surface area contributed by atoms with Gasteiger partial charge in [-0.3, -0.25) is 9.59 Å². The van der Waals surface area contributed by atoms with Gasteiger partial charge >= 0.3 is 17.9 Å². The summed E-state index contributed by atoms with van der Waals surface area (Å²) in [6, 6.07) is 0. The van der Waals surface area contributed by atoms with Crippen molar-refractivity contribution >= 4 is 17.9 Å². The fraction of sp³-hybridized carbons (Fsp3) is 0.737. The first-order valence-electron chi connectivity index (χ1n) is 9.02. The Balaban J connectivity index is 1.72. The summed E-state index contributed by atoms with van der Waals surface area (Å²) in [5.41, 5.74) is -0.832. The summed E-state index contributed by atoms with van der Waals surface area (Å²) in [7, 11) is 0. The molecule has 25 heavy (non-hydrogen) atoms. The van der Waals surface area contributed by atoms with E-state index in [0.29, 0.717) is 0 Å². The maximum absolute atomic E-state index is 13.1. The van der Waals surface area contributed by atoms with Gasteiger partial charge in [-0.05, 0) is 31.1 Å². The van der Waals surface area contributed by atoms with Crippen LogP contribution in [-0.2, 0) is 28.6 Å². The smallest absolute Gasteiger partial charge is 0.330 e. The van der Waals surface area contributed by atoms with Crippen molar-refractivity contribution in [2.45, 2.75) is 40.2 Å². The first-order chi connectivity index (χ1) is 11.9. The number of carbonyl (C=O) groups is 3. The van der Waals surface area contributed by atoms with Gasteiger partial charge in [0.25, 0.3) is 0 Å². The monoisotopic (exact) mass is 350 g/mol. The van der Waals surface area contributed by atoms with Gasteiger partial charge in [0.05, 0.1) is 11.3 Å². The van der Waals surface area contributed by atoms with Crippen LogP contribution in [0.25, 0.3) is 0 Å². The normalized spacial score (nSPS) is 38.4. The highest BCUT2D eigenvalue weighted by Crippen LogP contribution is 2.68. The Bertz CT molecular complexity index is 609. The number of esters is 3. The highest BCUT2D eigenvalue weighted by atomic mass is 16.6. The molecule has 2 aliphatic carbocycles. The molecule has 0 aromatic heterocycles. The molecular formula is C19H26O6. The van der Waals surface area contributed by atoms with Gasteiger partial charge in [0.2, 0.25) is 0 Å². The summed E-state index contributed by atoms with van der Waals surface area (Å²) in [5.74, 6) is -1.13. The molecule has 0 radical (unpaired) electrons. The first kappa shape index (κ1) is 18.0. The molecule has 3 rings (SSSR count). The van der Waals surface area contributed by atoms with Crippen molar-refractivity contribution in [1.82, 2.24) is 0 Å². The molecule has 6 nitrogen and oxygen atoms in total. The van der Waals surface area contributed by atoms with Gasteiger partial charge in [0.15, 0.2) is 0 Å². The van der Waals surface area contributed by atoms with Crippen LogP contribution < -0.4 is 0 Å². The largest absolute Gasteiger partial charge is 0.462 e. The van der Waals surface area contributed by atoms with Crippen LogP contribution in [-0.4, -0.2) is 37.2 Å². The van der Waals surface area contributed by atoms with E-state index in [1.165, 1.54) is 6.08 Å². The molecule has 1 heterocycles. The lowest BCUT2D eigenvalue weighted by Gasteiger charge is -2.43. The van der Waals surface area contributed by atoms with Crippen molar-refractivity contribution in [3.05, 3.63) is 12.2 Å². The average Bonchev–Trinajstić information content (AvgIpc) is 3.14. The van der Waals surface area contributed by atoms with Crippen molar-refractivity contribution in [2.24, 2.45) is 35.0 Å². The standard InChI is InChI=1S/C19H26O6/c1-5-6-14(20)23-7-8-24-18(22)19(10(2)3)13-9-12-15(19)17(21)25-16(12)11(13)4/h5-6,10-13,15-16H,7-9H2,1-4H3/b6-5+. The molecule has 6 unspecified atom stereocenters. The van der Waals surface area contributed by atoms with E-state index >= 15 is 0 Å². The van der Waals surface area contributed by atoms with E-state index in [1.54, 1.807) is 13.0 Å². The second kappa shape index (κ2) is 6.46. The zero-order valence-corrected chi connectivity index (χ0v) is 15.2. The third-order valence-electron chi connectivity index (χ3n) is 6.34. The number of fused-ring (bicyclic) bond motifs is 1. The lowest BCUT2D eigenvalue weighted by Crippen LogP contribution is -2.52. The van der Waals surface area contributed by atoms with Crippen LogP contribution in [0, 0.1) is 35.0 Å². The molecule has 6 heteroatoms. The molecule has 2 saturated carbocycles. The number of hydrogen-bond donors (Lipinski definition) is 0. The molecule has 0 spiro atoms. The van der Waals surface area contributed by atoms with Crippen molar-refractivity contribution in [2.75, 3.05) is 13.2 Å². The first-order valence-corrected chi connectivity index (χ1v) is 9.02. The predicted octanol–water partition coefficient (Wildman–Crippen LogP) is 2.12. The number of hydrogen-bond acceptors (Lipinski definition) is 6. The molecule has 0 amide bonds. The summed E-state index contributed by atoms with van der Waals surface area (Å²) in [6.45, 7) is 7.73. The Kier molecular flexibility index (Phi) is 4.64. The van der Waals surface area contributed by atoms with E-state index in [2.05, 4.69) is 6.92 Å². The van der Waals surface area contributed by atoms with Gasteiger partial charge in [0.1, 0.15) is 19.3 Å². The van der Waals surface area contributed by atoms with Crippen molar-refractivity contribution in [3.8, 4) is 0 Å². The third-order valence-corrected chi connectivity index (χ3v) is 6.34. The zero-order chi connectivity index (χ0) is 18.4. The van der Waals surface area contributed by atoms with E-state index in [4.69, 9.17) is 14.2 Å². The number of ether oxygens (including phenoxy) is 3. The van der Waals surface area contributed by atoms with Gasteiger partial charge in [-0.15, -0.1) is 0 Å². The SMILES string of the molecule is C/C=C/C(=O)OCCOC(=O)C1(C(C)C)C2CC3C(OC(=O)C31)C2C. The maximum Gasteiger partial charge on any atom is 0.330 e. The van der Waals surface area contributed by atoms with E-state index in [9.17, 15) is 14.4 Å². The van der Waals surface area contributed by atoms with Crippen LogP contribution in [0.4, 0.5) is 0 Å². The lowest BCUT2D eigenvalue weighted by molar-refractivity contribution is -0.173. The molecule has 138 valence electrons. The minimum atomic E-state index is -0.832. The molecular weight excluding hydrogens is 324 g/mol. The molecule has 0 aromatic carbocycles. The molecule has 0 aromatic rings. The molecule has 6 atom stereocenters. The van der Waals surface area contributed by atoms with Crippen LogP contribution >= 0.6 is 0 Å². The third kappa shape index (κ3) is 2.49. The molecule has 0 N–H and O–H groups in total. The second-order valence-corrected chi connectivity index (χ2v) is 7.64. The topological polar surface area (TPSA) is 78.9 Å². The van der Waals surface area contributed by atoms with Crippen LogP contribution in [0.1, 0.15) is 34.1 Å². The molecule has 3 fully saturated rings. The van der Waals surface area contributed by atoms with Crippen LogP contribution in [0.15, 0.2) is 12.2 Å². The lowest BCUT2D eigenvalue weighted by atomic mass is 9.58. The van der Waals surface area contributed by atoms with Gasteiger partial charge in [-0.2, -0.15) is 0 Å².